The first-order valence-electron chi connectivity index (χ1n) is 7.44. The third kappa shape index (κ3) is 4.51. The third-order valence-electron chi connectivity index (χ3n) is 4.27. The molecule has 0 bridgehead atoms. The molecule has 106 valence electrons. The van der Waals surface area contributed by atoms with Gasteiger partial charge in [-0.15, -0.1) is 0 Å². The maximum absolute atomic E-state index is 12.1. The summed E-state index contributed by atoms with van der Waals surface area (Å²) in [6.45, 7) is 13.8. The van der Waals surface area contributed by atoms with Crippen molar-refractivity contribution >= 4 is 6.03 Å². The summed E-state index contributed by atoms with van der Waals surface area (Å²) in [7, 11) is 0. The van der Waals surface area contributed by atoms with Crippen LogP contribution in [0.5, 0.6) is 0 Å². The average molecular weight is 254 g/mol. The first-order chi connectivity index (χ1) is 8.41. The molecule has 0 aromatic carbocycles. The van der Waals surface area contributed by atoms with Crippen LogP contribution in [0.25, 0.3) is 0 Å². The van der Waals surface area contributed by atoms with Crippen molar-refractivity contribution in [2.75, 3.05) is 19.6 Å². The highest BCUT2D eigenvalue weighted by molar-refractivity contribution is 5.74. The number of likely N-dealkylation sites (tertiary alicyclic amines) is 1. The molecule has 1 saturated heterocycles. The van der Waals surface area contributed by atoms with Gasteiger partial charge in [0.05, 0.1) is 0 Å². The number of nitrogens with zero attached hydrogens (tertiary/aromatic N) is 1. The first kappa shape index (κ1) is 15.3. The number of hydrogen-bond acceptors (Lipinski definition) is 1. The summed E-state index contributed by atoms with van der Waals surface area (Å²) in [6.07, 6.45) is 2.29. The minimum absolute atomic E-state index is 0.133. The molecule has 3 heteroatoms. The predicted octanol–water partition coefficient (Wildman–Crippen LogP) is 3.36. The van der Waals surface area contributed by atoms with Gasteiger partial charge in [0.2, 0.25) is 0 Å². The van der Waals surface area contributed by atoms with Crippen LogP contribution in [0.1, 0.15) is 47.5 Å². The lowest BCUT2D eigenvalue weighted by atomic mass is 9.85. The molecule has 1 fully saturated rings. The van der Waals surface area contributed by atoms with Crippen molar-refractivity contribution in [3.05, 3.63) is 0 Å². The summed E-state index contributed by atoms with van der Waals surface area (Å²) in [6, 6.07) is 0.133. The highest BCUT2D eigenvalue weighted by Crippen LogP contribution is 2.20. The van der Waals surface area contributed by atoms with E-state index in [2.05, 4.69) is 39.9 Å². The quantitative estimate of drug-likeness (QED) is 0.820. The molecule has 1 heterocycles. The van der Waals surface area contributed by atoms with E-state index in [1.165, 1.54) is 0 Å². The van der Waals surface area contributed by atoms with Crippen LogP contribution in [0.2, 0.25) is 0 Å². The Morgan fingerprint density at radius 3 is 2.11 bits per heavy atom. The van der Waals surface area contributed by atoms with Gasteiger partial charge in [-0.2, -0.15) is 0 Å². The van der Waals surface area contributed by atoms with Crippen molar-refractivity contribution < 1.29 is 4.79 Å². The van der Waals surface area contributed by atoms with Crippen LogP contribution in [0.3, 0.4) is 0 Å². The molecule has 2 amide bonds. The van der Waals surface area contributed by atoms with E-state index in [4.69, 9.17) is 0 Å². The van der Waals surface area contributed by atoms with Crippen molar-refractivity contribution in [1.29, 1.82) is 0 Å². The number of carbonyl (C=O) groups is 1. The fourth-order valence-electron chi connectivity index (χ4n) is 2.77. The average Bonchev–Trinajstić information content (AvgIpc) is 2.28. The van der Waals surface area contributed by atoms with Gasteiger partial charge in [-0.25, -0.2) is 4.79 Å². The molecule has 0 aromatic heterocycles. The van der Waals surface area contributed by atoms with Crippen molar-refractivity contribution in [3.63, 3.8) is 0 Å². The van der Waals surface area contributed by atoms with Crippen molar-refractivity contribution in [2.45, 2.75) is 47.5 Å². The monoisotopic (exact) mass is 254 g/mol. The number of hydrogen-bond donors (Lipinski definition) is 1. The van der Waals surface area contributed by atoms with Crippen LogP contribution in [0.4, 0.5) is 4.79 Å². The maximum atomic E-state index is 12.1. The summed E-state index contributed by atoms with van der Waals surface area (Å²) in [5.41, 5.74) is 0. The minimum Gasteiger partial charge on any atom is -0.338 e. The standard InChI is InChI=1S/C15H30N2O/c1-11(2)14(12(3)4)10-16-15(18)17-8-6-13(5)7-9-17/h11-14H,6-10H2,1-5H3,(H,16,18). The molecule has 0 spiro atoms. The molecule has 1 aliphatic rings. The van der Waals surface area contributed by atoms with Gasteiger partial charge in [-0.05, 0) is 36.5 Å². The van der Waals surface area contributed by atoms with E-state index in [9.17, 15) is 4.79 Å². The highest BCUT2D eigenvalue weighted by atomic mass is 16.2. The second-order valence-electron chi connectivity index (χ2n) is 6.51. The molecular weight excluding hydrogens is 224 g/mol. The van der Waals surface area contributed by atoms with Gasteiger partial charge < -0.3 is 10.2 Å². The lowest BCUT2D eigenvalue weighted by Crippen LogP contribution is -2.46. The zero-order valence-electron chi connectivity index (χ0n) is 12.7. The summed E-state index contributed by atoms with van der Waals surface area (Å²) in [5.74, 6) is 2.57. The van der Waals surface area contributed by atoms with E-state index in [0.717, 1.165) is 38.4 Å². The van der Waals surface area contributed by atoms with Crippen LogP contribution in [-0.4, -0.2) is 30.6 Å². The normalized spacial score (nSPS) is 17.9. The molecule has 1 N–H and O–H groups in total. The number of nitrogens with one attached hydrogen (secondary N) is 1. The number of carbonyl (C=O) groups excluding carboxylic acids is 1. The fourth-order valence-corrected chi connectivity index (χ4v) is 2.77. The Hall–Kier alpha value is -0.730. The summed E-state index contributed by atoms with van der Waals surface area (Å²) in [5, 5.41) is 3.12. The van der Waals surface area contributed by atoms with Crippen molar-refractivity contribution in [2.24, 2.45) is 23.7 Å². The van der Waals surface area contributed by atoms with E-state index in [1.54, 1.807) is 0 Å². The van der Waals surface area contributed by atoms with Crippen LogP contribution < -0.4 is 5.32 Å². The topological polar surface area (TPSA) is 32.3 Å². The summed E-state index contributed by atoms with van der Waals surface area (Å²) >= 11 is 0. The molecule has 1 aliphatic heterocycles. The molecule has 0 atom stereocenters. The smallest absolute Gasteiger partial charge is 0.317 e. The zero-order valence-corrected chi connectivity index (χ0v) is 12.7. The maximum Gasteiger partial charge on any atom is 0.317 e. The van der Waals surface area contributed by atoms with Gasteiger partial charge in [-0.1, -0.05) is 34.6 Å². The van der Waals surface area contributed by atoms with E-state index in [1.807, 2.05) is 4.90 Å². The van der Waals surface area contributed by atoms with Crippen molar-refractivity contribution in [1.82, 2.24) is 10.2 Å². The van der Waals surface area contributed by atoms with E-state index >= 15 is 0 Å². The predicted molar refractivity (Wildman–Crippen MR) is 76.5 cm³/mol. The molecule has 0 unspecified atom stereocenters. The Kier molecular flexibility index (Phi) is 5.97. The summed E-state index contributed by atoms with van der Waals surface area (Å²) in [4.78, 5) is 14.0. The summed E-state index contributed by atoms with van der Waals surface area (Å²) < 4.78 is 0. The van der Waals surface area contributed by atoms with Gasteiger partial charge in [0.25, 0.3) is 0 Å². The first-order valence-corrected chi connectivity index (χ1v) is 7.44. The van der Waals surface area contributed by atoms with Crippen LogP contribution in [-0.2, 0) is 0 Å². The molecule has 0 saturated carbocycles. The number of urea groups is 1. The zero-order chi connectivity index (χ0) is 13.7. The molecule has 0 aliphatic carbocycles. The largest absolute Gasteiger partial charge is 0.338 e. The minimum atomic E-state index is 0.133. The van der Waals surface area contributed by atoms with Gasteiger partial charge >= 0.3 is 6.03 Å². The molecular formula is C15H30N2O. The molecule has 0 aromatic rings. The second-order valence-corrected chi connectivity index (χ2v) is 6.51. The Morgan fingerprint density at radius 1 is 1.17 bits per heavy atom. The van der Waals surface area contributed by atoms with Crippen molar-refractivity contribution in [3.8, 4) is 0 Å². The SMILES string of the molecule is CC1CCN(C(=O)NCC(C(C)C)C(C)C)CC1. The third-order valence-corrected chi connectivity index (χ3v) is 4.27. The number of amides is 2. The second kappa shape index (κ2) is 7.01. The van der Waals surface area contributed by atoms with E-state index in [0.29, 0.717) is 17.8 Å². The van der Waals surface area contributed by atoms with E-state index < -0.39 is 0 Å². The van der Waals surface area contributed by atoms with Crippen LogP contribution in [0, 0.1) is 23.7 Å². The number of piperidine rings is 1. The molecule has 0 radical (unpaired) electrons. The fraction of sp³-hybridized carbons (Fsp3) is 0.933. The number of rotatable bonds is 4. The van der Waals surface area contributed by atoms with Gasteiger partial charge in [-0.3, -0.25) is 0 Å². The molecule has 3 nitrogen and oxygen atoms in total. The van der Waals surface area contributed by atoms with Crippen LogP contribution in [0.15, 0.2) is 0 Å². The van der Waals surface area contributed by atoms with Gasteiger partial charge in [0.15, 0.2) is 0 Å². The van der Waals surface area contributed by atoms with E-state index in [-0.39, 0.29) is 6.03 Å². The Bertz CT molecular complexity index is 247. The van der Waals surface area contributed by atoms with Crippen LogP contribution >= 0.6 is 0 Å². The molecule has 1 rings (SSSR count). The van der Waals surface area contributed by atoms with Gasteiger partial charge in [0.1, 0.15) is 0 Å². The Labute approximate surface area is 112 Å². The molecule has 18 heavy (non-hydrogen) atoms. The van der Waals surface area contributed by atoms with Gasteiger partial charge in [0, 0.05) is 19.6 Å². The Morgan fingerprint density at radius 2 is 1.67 bits per heavy atom. The lowest BCUT2D eigenvalue weighted by molar-refractivity contribution is 0.168. The Balaban J connectivity index is 2.36. The lowest BCUT2D eigenvalue weighted by Gasteiger charge is -2.32. The highest BCUT2D eigenvalue weighted by Gasteiger charge is 2.22.